The van der Waals surface area contributed by atoms with E-state index >= 15 is 0 Å². The highest BCUT2D eigenvalue weighted by Crippen LogP contribution is 2.46. The highest BCUT2D eigenvalue weighted by molar-refractivity contribution is 5.75. The Morgan fingerprint density at radius 1 is 0.765 bits per heavy atom. The lowest BCUT2D eigenvalue weighted by Crippen LogP contribution is -2.58. The Morgan fingerprint density at radius 3 is 1.68 bits per heavy atom. The summed E-state index contributed by atoms with van der Waals surface area (Å²) in [6.07, 6.45) is -17.1. The molecular weight excluding hydrogens is 473 g/mol. The van der Waals surface area contributed by atoms with Gasteiger partial charge in [-0.25, -0.2) is 17.6 Å². The van der Waals surface area contributed by atoms with Crippen molar-refractivity contribution >= 4 is 11.9 Å². The van der Waals surface area contributed by atoms with Gasteiger partial charge in [0.1, 0.15) is 13.2 Å². The molecule has 0 aliphatic carbocycles. The molecule has 0 heterocycles. The minimum absolute atomic E-state index is 0.228. The van der Waals surface area contributed by atoms with E-state index in [9.17, 15) is 40.3 Å². The number of halogens is 7. The minimum atomic E-state index is -6.33. The lowest BCUT2D eigenvalue weighted by atomic mass is 9.86. The summed E-state index contributed by atoms with van der Waals surface area (Å²) < 4.78 is 104. The van der Waals surface area contributed by atoms with Gasteiger partial charge >= 0.3 is 18.1 Å². The third-order valence-corrected chi connectivity index (χ3v) is 4.94. The molecule has 186 valence electrons. The molecule has 2 rings (SSSR count). The number of rotatable bonds is 11. The topological polar surface area (TPSA) is 52.6 Å². The van der Waals surface area contributed by atoms with Gasteiger partial charge in [-0.1, -0.05) is 60.7 Å². The molecule has 0 saturated carbocycles. The molecule has 4 nitrogen and oxygen atoms in total. The van der Waals surface area contributed by atoms with Crippen LogP contribution in [0.25, 0.3) is 0 Å². The monoisotopic (exact) mass is 494 g/mol. The Hall–Kier alpha value is -3.11. The number of hydrogen-bond donors (Lipinski definition) is 0. The molecule has 2 aromatic carbocycles. The Balaban J connectivity index is 2.14. The molecule has 11 heteroatoms. The number of esters is 2. The third-order valence-electron chi connectivity index (χ3n) is 4.94. The SMILES string of the molecule is O=C(CCC(C(=O)OCc1ccccc1)C(F)C(F)(C(F)F)C(F)(F)F)OCc1ccccc1. The maximum atomic E-state index is 14.7. The smallest absolute Gasteiger partial charge is 0.431 e. The van der Waals surface area contributed by atoms with E-state index in [1.165, 1.54) is 12.1 Å². The lowest BCUT2D eigenvalue weighted by molar-refractivity contribution is -0.292. The van der Waals surface area contributed by atoms with Crippen molar-refractivity contribution in [3.05, 3.63) is 71.8 Å². The van der Waals surface area contributed by atoms with Gasteiger partial charge in [-0.3, -0.25) is 9.59 Å². The van der Waals surface area contributed by atoms with Crippen molar-refractivity contribution in [2.45, 2.75) is 50.5 Å². The first-order valence-electron chi connectivity index (χ1n) is 10.0. The second kappa shape index (κ2) is 11.8. The summed E-state index contributed by atoms with van der Waals surface area (Å²) in [5.41, 5.74) is -4.71. The van der Waals surface area contributed by atoms with Crippen LogP contribution < -0.4 is 0 Å². The fourth-order valence-electron chi connectivity index (χ4n) is 3.00. The van der Waals surface area contributed by atoms with Crippen LogP contribution in [0.3, 0.4) is 0 Å². The molecule has 2 aromatic rings. The van der Waals surface area contributed by atoms with Crippen LogP contribution in [0.4, 0.5) is 30.7 Å². The van der Waals surface area contributed by atoms with Crippen molar-refractivity contribution in [3.8, 4) is 0 Å². The molecule has 0 N–H and O–H groups in total. The Kier molecular flexibility index (Phi) is 9.46. The summed E-state index contributed by atoms with van der Waals surface area (Å²) in [6.45, 7) is -0.754. The van der Waals surface area contributed by atoms with Crippen LogP contribution in [-0.2, 0) is 32.3 Å². The Labute approximate surface area is 190 Å². The summed E-state index contributed by atoms with van der Waals surface area (Å²) >= 11 is 0. The minimum Gasteiger partial charge on any atom is -0.461 e. The Morgan fingerprint density at radius 2 is 1.24 bits per heavy atom. The van der Waals surface area contributed by atoms with E-state index in [0.717, 1.165) is 0 Å². The van der Waals surface area contributed by atoms with E-state index in [2.05, 4.69) is 0 Å². The number of carbonyl (C=O) groups is 2. The predicted octanol–water partition coefficient (Wildman–Crippen LogP) is 5.74. The summed E-state index contributed by atoms with van der Waals surface area (Å²) in [5, 5.41) is 0. The number of benzene rings is 2. The van der Waals surface area contributed by atoms with Gasteiger partial charge in [0, 0.05) is 6.42 Å². The highest BCUT2D eigenvalue weighted by atomic mass is 19.4. The molecule has 3 unspecified atom stereocenters. The molecule has 0 amide bonds. The zero-order chi connectivity index (χ0) is 25.4. The summed E-state index contributed by atoms with van der Waals surface area (Å²) in [5.74, 6) is -5.39. The molecule has 3 atom stereocenters. The van der Waals surface area contributed by atoms with Crippen molar-refractivity contribution in [3.63, 3.8) is 0 Å². The molecule has 0 radical (unpaired) electrons. The third kappa shape index (κ3) is 6.94. The quantitative estimate of drug-likeness (QED) is 0.295. The predicted molar refractivity (Wildman–Crippen MR) is 106 cm³/mol. The molecule has 34 heavy (non-hydrogen) atoms. The van der Waals surface area contributed by atoms with Crippen LogP contribution in [0.15, 0.2) is 60.7 Å². The van der Waals surface area contributed by atoms with E-state index in [-0.39, 0.29) is 6.61 Å². The van der Waals surface area contributed by atoms with Gasteiger partial charge in [-0.05, 0) is 17.5 Å². The molecule has 0 fully saturated rings. The second-order valence-electron chi connectivity index (χ2n) is 7.35. The first kappa shape index (κ1) is 27.1. The normalized spacial score (nSPS) is 15.3. The number of ether oxygens (including phenoxy) is 2. The van der Waals surface area contributed by atoms with E-state index < -0.39 is 61.7 Å². The van der Waals surface area contributed by atoms with Gasteiger partial charge in [0.15, 0.2) is 6.17 Å². The zero-order valence-electron chi connectivity index (χ0n) is 17.6. The van der Waals surface area contributed by atoms with Crippen LogP contribution in [0.5, 0.6) is 0 Å². The molecule has 0 bridgehead atoms. The molecule has 0 aliphatic heterocycles. The zero-order valence-corrected chi connectivity index (χ0v) is 17.6. The van der Waals surface area contributed by atoms with Gasteiger partial charge in [0.2, 0.25) is 0 Å². The molecule has 0 saturated heterocycles. The van der Waals surface area contributed by atoms with Gasteiger partial charge in [-0.15, -0.1) is 0 Å². The largest absolute Gasteiger partial charge is 0.461 e. The molecule has 0 aliphatic rings. The van der Waals surface area contributed by atoms with Crippen molar-refractivity contribution in [2.24, 2.45) is 5.92 Å². The molecular formula is C23H21F7O4. The fraction of sp³-hybridized carbons (Fsp3) is 0.391. The fourth-order valence-corrected chi connectivity index (χ4v) is 3.00. The van der Waals surface area contributed by atoms with E-state index in [1.54, 1.807) is 48.5 Å². The van der Waals surface area contributed by atoms with Crippen LogP contribution in [0.1, 0.15) is 24.0 Å². The van der Waals surface area contributed by atoms with Crippen LogP contribution in [0.2, 0.25) is 0 Å². The lowest BCUT2D eigenvalue weighted by Gasteiger charge is -2.33. The van der Waals surface area contributed by atoms with Gasteiger partial charge in [0.25, 0.3) is 12.1 Å². The standard InChI is InChI=1S/C23H21F7O4/c24-19(22(27,21(25)26)23(28,29)30)17(20(32)34-14-16-9-5-2-6-10-16)11-12-18(31)33-13-15-7-3-1-4-8-15/h1-10,17,19,21H,11-14H2. The average Bonchev–Trinajstić information content (AvgIpc) is 2.81. The molecule has 0 spiro atoms. The number of carbonyl (C=O) groups excluding carboxylic acids is 2. The average molecular weight is 494 g/mol. The second-order valence-corrected chi connectivity index (χ2v) is 7.35. The van der Waals surface area contributed by atoms with Crippen molar-refractivity contribution in [1.82, 2.24) is 0 Å². The Bertz CT molecular complexity index is 922. The van der Waals surface area contributed by atoms with E-state index in [1.807, 2.05) is 0 Å². The van der Waals surface area contributed by atoms with Crippen molar-refractivity contribution in [2.75, 3.05) is 0 Å². The van der Waals surface area contributed by atoms with Crippen LogP contribution >= 0.6 is 0 Å². The number of hydrogen-bond acceptors (Lipinski definition) is 4. The first-order valence-corrected chi connectivity index (χ1v) is 10.0. The van der Waals surface area contributed by atoms with E-state index in [4.69, 9.17) is 9.47 Å². The maximum absolute atomic E-state index is 14.7. The summed E-state index contributed by atoms with van der Waals surface area (Å²) in [4.78, 5) is 24.3. The number of alkyl halides is 7. The van der Waals surface area contributed by atoms with Gasteiger partial charge in [0.05, 0.1) is 5.92 Å². The maximum Gasteiger partial charge on any atom is 0.431 e. The van der Waals surface area contributed by atoms with Crippen molar-refractivity contribution < 1.29 is 49.8 Å². The van der Waals surface area contributed by atoms with Crippen LogP contribution in [0, 0.1) is 5.92 Å². The van der Waals surface area contributed by atoms with Crippen LogP contribution in [-0.4, -0.2) is 36.4 Å². The molecule has 0 aromatic heterocycles. The summed E-state index contributed by atoms with van der Waals surface area (Å²) in [7, 11) is 0. The summed E-state index contributed by atoms with van der Waals surface area (Å²) in [6, 6.07) is 15.9. The highest BCUT2D eigenvalue weighted by Gasteiger charge is 2.70. The van der Waals surface area contributed by atoms with Gasteiger partial charge in [-0.2, -0.15) is 13.2 Å². The van der Waals surface area contributed by atoms with Gasteiger partial charge < -0.3 is 9.47 Å². The van der Waals surface area contributed by atoms with E-state index in [0.29, 0.717) is 11.1 Å². The first-order chi connectivity index (χ1) is 16.0. The van der Waals surface area contributed by atoms with Crippen molar-refractivity contribution in [1.29, 1.82) is 0 Å².